The van der Waals surface area contributed by atoms with Gasteiger partial charge in [0, 0.05) is 93.2 Å². The maximum Gasteiger partial charge on any atom is 0.413 e. The molecular formula is C61H66ClN19O26. The molecule has 0 aliphatic heterocycles. The number of aromatic nitrogens is 14. The number of hydrogen-bond donors (Lipinski definition) is 7. The highest BCUT2D eigenvalue weighted by atomic mass is 35.5. The van der Waals surface area contributed by atoms with Gasteiger partial charge in [-0.25, -0.2) is 57.5 Å². The molecule has 7 heterocycles. The van der Waals surface area contributed by atoms with Gasteiger partial charge in [0.2, 0.25) is 0 Å². The van der Waals surface area contributed by atoms with Gasteiger partial charge in [0.1, 0.15) is 64.3 Å². The third kappa shape index (κ3) is 28.6. The standard InChI is InChI=1S/C14H15N3O4.C8H10N2O4.C7H5ClO.C7H7N5O3.2C7H8N2O4.C6H9N3O2.C5H4N2O4/c1-17-11(13(18)20-2)8-12(16-17)15-14(19)21-9-10-6-4-3-5-7-10;1-10-6(8(12)14-3)4-5(9-10)7(11)13-2;8-7-3-1-2-6(4-7)5-9;1-12-5(7(14)15-2)3-4(10-12)6(13)9-11-8;1-12-6(10)4-3-5(9-8-4)7(11)13-2;1-9-5(7(12)13-2)3-4(8-9)6(10)11;1-9-4(6(10)11-2)3-5(7)8-9;8-4(9)2-1-3(5(10)11)7-6-2/h3-8H,9H2,1-2H3,(H,15,16,19);4H,1-3H3;1-5H;3H,1-2H3;3H,1-2H3,(H,8,9);3H,1-2H3,(H,10,11);3H,1-2H3,(H2,7,8);1H,(H,6,7)(H,8,9)(H,10,11). The molecule has 0 fully saturated rings. The highest BCUT2D eigenvalue weighted by molar-refractivity contribution is 6.30. The maximum atomic E-state index is 11.6. The molecular weight excluding hydrogens is 1450 g/mol. The summed E-state index contributed by atoms with van der Waals surface area (Å²) in [6.45, 7) is 0.156. The number of esters is 8. The predicted molar refractivity (Wildman–Crippen MR) is 360 cm³/mol. The molecule has 0 saturated heterocycles. The third-order valence-corrected chi connectivity index (χ3v) is 12.4. The summed E-state index contributed by atoms with van der Waals surface area (Å²) in [5, 5.41) is 61.1. The van der Waals surface area contributed by atoms with Crippen molar-refractivity contribution in [2.75, 3.05) is 67.9 Å². The number of rotatable bonds is 16. The molecule has 107 heavy (non-hydrogen) atoms. The lowest BCUT2D eigenvalue weighted by atomic mass is 10.2. The molecule has 45 nitrogen and oxygen atoms in total. The number of azide groups is 1. The Labute approximate surface area is 606 Å². The summed E-state index contributed by atoms with van der Waals surface area (Å²) in [5.74, 6) is -8.49. The number of aromatic amines is 2. The molecule has 9 rings (SSSR count). The van der Waals surface area contributed by atoms with Crippen molar-refractivity contribution in [2.24, 2.45) is 40.4 Å². The van der Waals surface area contributed by atoms with Crippen LogP contribution in [0.3, 0.4) is 0 Å². The minimum absolute atomic E-state index is 0.0444. The number of halogens is 1. The summed E-state index contributed by atoms with van der Waals surface area (Å²) < 4.78 is 47.0. The normalized spacial score (nSPS) is 9.55. The first-order valence-corrected chi connectivity index (χ1v) is 29.2. The van der Waals surface area contributed by atoms with Crippen LogP contribution in [0, 0.1) is 0 Å². The summed E-state index contributed by atoms with van der Waals surface area (Å²) in [4.78, 5) is 154. The molecule has 9 aromatic rings. The summed E-state index contributed by atoms with van der Waals surface area (Å²) in [7, 11) is 17.7. The monoisotopic (exact) mass is 1520 g/mol. The van der Waals surface area contributed by atoms with E-state index in [0.29, 0.717) is 22.1 Å². The topological polar surface area (TPSA) is 616 Å². The SMILES string of the molecule is COC(=O)c1cc(C(=O)N=[N+]=[N-])nn1C.COC(=O)c1cc(C(=O)O)nn1C.COC(=O)c1cc(C(=O)OC)[nH]n1.COC(=O)c1cc(C(=O)OC)n(C)n1.COC(=O)c1cc(N)nn1C.COC(=O)c1cc(NC(=O)OCc2ccccc2)nn1C.O=C(O)c1cc(C(=O)O)[nH]n1.O=Cc1cccc(Cl)c1. The minimum Gasteiger partial charge on any atom is -0.477 e. The first kappa shape index (κ1) is 88.2. The first-order valence-electron chi connectivity index (χ1n) is 28.8. The summed E-state index contributed by atoms with van der Waals surface area (Å²) in [6.07, 6.45) is 0.125. The average Bonchev–Trinajstić information content (AvgIpc) is 1.72. The number of nitrogen functional groups attached to an aromatic ring is 1. The molecule has 568 valence electrons. The first-order chi connectivity index (χ1) is 50.6. The van der Waals surface area contributed by atoms with Crippen molar-refractivity contribution in [1.29, 1.82) is 0 Å². The second kappa shape index (κ2) is 44.4. The molecule has 0 spiro atoms. The number of nitrogens with zero attached hydrogens (tertiary/aromatic N) is 15. The van der Waals surface area contributed by atoms with Gasteiger partial charge in [-0.3, -0.25) is 48.5 Å². The number of carbonyl (C=O) groups is 14. The number of aldehydes is 1. The van der Waals surface area contributed by atoms with E-state index in [-0.39, 0.29) is 75.1 Å². The highest BCUT2D eigenvalue weighted by Gasteiger charge is 2.22. The Balaban J connectivity index is 0.000000420. The zero-order chi connectivity index (χ0) is 80.8. The van der Waals surface area contributed by atoms with Crippen molar-refractivity contribution < 1.29 is 125 Å². The van der Waals surface area contributed by atoms with E-state index in [1.807, 2.05) is 30.3 Å². The van der Waals surface area contributed by atoms with E-state index in [2.05, 4.69) is 99.1 Å². The summed E-state index contributed by atoms with van der Waals surface area (Å²) >= 11 is 5.56. The second-order valence-electron chi connectivity index (χ2n) is 19.3. The number of benzene rings is 2. The van der Waals surface area contributed by atoms with Crippen LogP contribution in [0.5, 0.6) is 0 Å². The molecule has 7 aromatic heterocycles. The molecule has 0 aliphatic rings. The number of carbonyl (C=O) groups excluding carboxylic acids is 11. The Bertz CT molecular complexity index is 4610. The number of nitrogens with two attached hydrogens (primary N) is 1. The molecule has 2 aromatic carbocycles. The molecule has 0 saturated carbocycles. The molecule has 0 atom stereocenters. The van der Waals surface area contributed by atoms with Crippen LogP contribution in [0.4, 0.5) is 16.4 Å². The minimum atomic E-state index is -1.26. The molecule has 0 unspecified atom stereocenters. The number of aromatic carboxylic acids is 3. The molecule has 46 heteroatoms. The largest absolute Gasteiger partial charge is 0.477 e. The van der Waals surface area contributed by atoms with Crippen LogP contribution in [-0.4, -0.2) is 225 Å². The lowest BCUT2D eigenvalue weighted by Gasteiger charge is -2.04. The van der Waals surface area contributed by atoms with E-state index in [9.17, 15) is 67.1 Å². The lowest BCUT2D eigenvalue weighted by molar-refractivity contribution is 0.0579. The third-order valence-electron chi connectivity index (χ3n) is 12.2. The van der Waals surface area contributed by atoms with Crippen LogP contribution in [0.15, 0.2) is 102 Å². The molecule has 2 amide bonds. The van der Waals surface area contributed by atoms with Crippen LogP contribution in [0.25, 0.3) is 10.4 Å². The number of aryl methyl sites for hydroxylation is 5. The fourth-order valence-electron chi connectivity index (χ4n) is 7.13. The fourth-order valence-corrected chi connectivity index (χ4v) is 7.33. The zero-order valence-electron chi connectivity index (χ0n) is 58.4. The van der Waals surface area contributed by atoms with Crippen LogP contribution >= 0.6 is 11.6 Å². The van der Waals surface area contributed by atoms with Crippen LogP contribution in [0.1, 0.15) is 142 Å². The fraction of sp³-hybridized carbons (Fsp3) is 0.230. The Hall–Kier alpha value is -14.9. The van der Waals surface area contributed by atoms with E-state index < -0.39 is 77.7 Å². The number of hydrogen-bond acceptors (Lipinski definition) is 31. The van der Waals surface area contributed by atoms with Crippen molar-refractivity contribution in [2.45, 2.75) is 6.61 Å². The van der Waals surface area contributed by atoms with Gasteiger partial charge in [0.25, 0.3) is 5.91 Å². The summed E-state index contributed by atoms with van der Waals surface area (Å²) in [6, 6.07) is 24.9. The van der Waals surface area contributed by atoms with Gasteiger partial charge in [-0.05, 0) is 28.3 Å². The van der Waals surface area contributed by atoms with Crippen molar-refractivity contribution in [1.82, 2.24) is 69.3 Å². The number of nitrogens with one attached hydrogen (secondary N) is 3. The van der Waals surface area contributed by atoms with Gasteiger partial charge in [0.15, 0.2) is 28.6 Å². The van der Waals surface area contributed by atoms with E-state index in [1.54, 1.807) is 45.4 Å². The van der Waals surface area contributed by atoms with Crippen molar-refractivity contribution >= 4 is 107 Å². The Morgan fingerprint density at radius 2 is 0.897 bits per heavy atom. The Morgan fingerprint density at radius 1 is 0.486 bits per heavy atom. The van der Waals surface area contributed by atoms with Crippen molar-refractivity contribution in [3.63, 3.8) is 0 Å². The van der Waals surface area contributed by atoms with Crippen LogP contribution in [0.2, 0.25) is 5.02 Å². The van der Waals surface area contributed by atoms with Gasteiger partial charge in [-0.2, -0.15) is 35.7 Å². The average molecular weight is 1520 g/mol. The number of ether oxygens (including phenoxy) is 9. The highest BCUT2D eigenvalue weighted by Crippen LogP contribution is 2.13. The molecule has 0 radical (unpaired) electrons. The van der Waals surface area contributed by atoms with Crippen molar-refractivity contribution in [3.05, 3.63) is 192 Å². The van der Waals surface area contributed by atoms with E-state index in [1.165, 1.54) is 120 Å². The quantitative estimate of drug-likeness (QED) is 0.0178. The summed E-state index contributed by atoms with van der Waals surface area (Å²) in [5.41, 5.74) is 15.3. The van der Waals surface area contributed by atoms with E-state index in [4.69, 9.17) is 42.9 Å². The Morgan fingerprint density at radius 3 is 1.31 bits per heavy atom. The van der Waals surface area contributed by atoms with E-state index in [0.717, 1.165) is 28.7 Å². The zero-order valence-corrected chi connectivity index (χ0v) is 59.2. The number of amides is 2. The van der Waals surface area contributed by atoms with Crippen molar-refractivity contribution in [3.8, 4) is 0 Å². The van der Waals surface area contributed by atoms with Gasteiger partial charge in [-0.1, -0.05) is 54.1 Å². The lowest BCUT2D eigenvalue weighted by Crippen LogP contribution is -2.14. The van der Waals surface area contributed by atoms with E-state index >= 15 is 0 Å². The number of carboxylic acids is 3. The molecule has 8 N–H and O–H groups in total. The molecule has 0 bridgehead atoms. The van der Waals surface area contributed by atoms with Gasteiger partial charge in [0.05, 0.1) is 56.9 Å². The van der Waals surface area contributed by atoms with Crippen LogP contribution in [-0.2, 0) is 84.5 Å². The Kier molecular flexibility index (Phi) is 36.6. The maximum absolute atomic E-state index is 11.6. The van der Waals surface area contributed by atoms with Gasteiger partial charge in [-0.15, -0.1) is 0 Å². The van der Waals surface area contributed by atoms with Gasteiger partial charge < -0.3 is 63.7 Å². The second-order valence-corrected chi connectivity index (χ2v) is 19.7. The van der Waals surface area contributed by atoms with Gasteiger partial charge >= 0.3 is 71.8 Å². The predicted octanol–water partition coefficient (Wildman–Crippen LogP) is 4.24. The number of H-pyrrole nitrogens is 2. The smallest absolute Gasteiger partial charge is 0.413 e. The molecule has 0 aliphatic carbocycles. The number of carboxylic acid groups (broad SMARTS) is 3. The number of anilines is 2. The van der Waals surface area contributed by atoms with Crippen LogP contribution < -0.4 is 11.1 Å². The number of methoxy groups -OCH3 is 8.